The number of thiophene rings is 1. The van der Waals surface area contributed by atoms with Gasteiger partial charge in [0.25, 0.3) is 5.91 Å². The molecule has 1 aromatic heterocycles. The lowest BCUT2D eigenvalue weighted by Gasteiger charge is -2.37. The quantitative estimate of drug-likeness (QED) is 0.750. The number of aryl methyl sites for hydroxylation is 1. The smallest absolute Gasteiger partial charge is 0.264 e. The Morgan fingerprint density at radius 3 is 2.88 bits per heavy atom. The van der Waals surface area contributed by atoms with E-state index in [0.717, 1.165) is 24.1 Å². The minimum absolute atomic E-state index is 0.183. The van der Waals surface area contributed by atoms with Gasteiger partial charge in [-0.3, -0.25) is 4.79 Å². The Labute approximate surface area is 112 Å². The van der Waals surface area contributed by atoms with Gasteiger partial charge in [0, 0.05) is 18.5 Å². The Balaban J connectivity index is 2.15. The molecule has 0 spiro atoms. The number of hydrogen-bond acceptors (Lipinski definition) is 2. The van der Waals surface area contributed by atoms with E-state index in [2.05, 4.69) is 13.0 Å². The second-order valence-corrected chi connectivity index (χ2v) is 5.69. The Kier molecular flexibility index (Phi) is 4.46. The van der Waals surface area contributed by atoms with E-state index < -0.39 is 0 Å². The Bertz CT molecular complexity index is 387. The predicted octanol–water partition coefficient (Wildman–Crippen LogP) is 3.54. The van der Waals surface area contributed by atoms with Crippen molar-refractivity contribution in [1.82, 2.24) is 4.90 Å². The van der Waals surface area contributed by atoms with Crippen LogP contribution in [0.5, 0.6) is 0 Å². The van der Waals surface area contributed by atoms with Gasteiger partial charge in [0.05, 0.1) is 4.88 Å². The summed E-state index contributed by atoms with van der Waals surface area (Å²) >= 11 is 7.36. The van der Waals surface area contributed by atoms with Gasteiger partial charge in [0.2, 0.25) is 0 Å². The average molecular weight is 272 g/mol. The minimum Gasteiger partial charge on any atom is -0.334 e. The fourth-order valence-electron chi connectivity index (χ4n) is 2.17. The van der Waals surface area contributed by atoms with Crippen molar-refractivity contribution in [3.05, 3.63) is 21.9 Å². The topological polar surface area (TPSA) is 20.3 Å². The molecule has 1 aliphatic rings. The van der Waals surface area contributed by atoms with Crippen LogP contribution < -0.4 is 0 Å². The van der Waals surface area contributed by atoms with Gasteiger partial charge in [-0.25, -0.2) is 0 Å². The van der Waals surface area contributed by atoms with Crippen LogP contribution in [0.25, 0.3) is 0 Å². The lowest BCUT2D eigenvalue weighted by Crippen LogP contribution is -2.45. The van der Waals surface area contributed by atoms with Gasteiger partial charge in [0.15, 0.2) is 0 Å². The van der Waals surface area contributed by atoms with E-state index in [1.807, 2.05) is 10.3 Å². The van der Waals surface area contributed by atoms with Crippen LogP contribution in [0.3, 0.4) is 0 Å². The summed E-state index contributed by atoms with van der Waals surface area (Å²) in [5, 5.41) is 2.01. The molecule has 0 radical (unpaired) electrons. The van der Waals surface area contributed by atoms with Crippen LogP contribution in [0.15, 0.2) is 11.4 Å². The number of amides is 1. The van der Waals surface area contributed by atoms with Gasteiger partial charge in [-0.15, -0.1) is 22.9 Å². The van der Waals surface area contributed by atoms with Crippen molar-refractivity contribution in [2.24, 2.45) is 0 Å². The van der Waals surface area contributed by atoms with Crippen LogP contribution in [-0.4, -0.2) is 29.3 Å². The maximum atomic E-state index is 12.5. The summed E-state index contributed by atoms with van der Waals surface area (Å²) < 4.78 is 0. The molecular weight excluding hydrogens is 254 g/mol. The second-order valence-electron chi connectivity index (χ2n) is 4.40. The summed E-state index contributed by atoms with van der Waals surface area (Å²) in [6.07, 6.45) is 4.43. The highest BCUT2D eigenvalue weighted by Gasteiger charge is 2.30. The summed E-state index contributed by atoms with van der Waals surface area (Å²) in [7, 11) is 0. The van der Waals surface area contributed by atoms with Crippen LogP contribution in [0.4, 0.5) is 0 Å². The third kappa shape index (κ3) is 2.66. The number of carbonyl (C=O) groups excluding carboxylic acids is 1. The van der Waals surface area contributed by atoms with Crippen LogP contribution in [0.1, 0.15) is 41.4 Å². The first-order chi connectivity index (χ1) is 8.27. The Morgan fingerprint density at radius 2 is 2.35 bits per heavy atom. The molecule has 1 aliphatic carbocycles. The van der Waals surface area contributed by atoms with Gasteiger partial charge in [-0.05, 0) is 42.7 Å². The van der Waals surface area contributed by atoms with Crippen molar-refractivity contribution in [3.8, 4) is 0 Å². The minimum atomic E-state index is 0.183. The highest BCUT2D eigenvalue weighted by Crippen LogP contribution is 2.28. The zero-order valence-electron chi connectivity index (χ0n) is 10.1. The number of alkyl halides is 1. The van der Waals surface area contributed by atoms with E-state index in [9.17, 15) is 4.79 Å². The van der Waals surface area contributed by atoms with Crippen molar-refractivity contribution in [1.29, 1.82) is 0 Å². The van der Waals surface area contributed by atoms with Crippen molar-refractivity contribution in [2.75, 3.05) is 12.4 Å². The van der Waals surface area contributed by atoms with Crippen LogP contribution in [0, 0.1) is 0 Å². The van der Waals surface area contributed by atoms with Gasteiger partial charge < -0.3 is 4.90 Å². The molecular formula is C13H18ClNOS. The van der Waals surface area contributed by atoms with Crippen LogP contribution >= 0.6 is 22.9 Å². The molecule has 17 heavy (non-hydrogen) atoms. The lowest BCUT2D eigenvalue weighted by molar-refractivity contribution is 0.0602. The molecule has 2 rings (SSSR count). The standard InChI is InChI=1S/C13H18ClNOS/c1-2-10-6-9-17-12(10)13(16)15(8-7-14)11-4-3-5-11/h6,9,11H,2-5,7-8H2,1H3. The molecule has 0 aromatic carbocycles. The molecule has 4 heteroatoms. The molecule has 1 saturated carbocycles. The zero-order valence-corrected chi connectivity index (χ0v) is 11.7. The maximum absolute atomic E-state index is 12.5. The SMILES string of the molecule is CCc1ccsc1C(=O)N(CCCl)C1CCC1. The number of nitrogens with zero attached hydrogens (tertiary/aromatic N) is 1. The van der Waals surface area contributed by atoms with Gasteiger partial charge in [0.1, 0.15) is 0 Å². The molecule has 0 N–H and O–H groups in total. The number of halogens is 1. The molecule has 1 amide bonds. The molecule has 94 valence electrons. The van der Waals surface area contributed by atoms with E-state index in [0.29, 0.717) is 18.5 Å². The molecule has 1 aromatic rings. The molecule has 0 aliphatic heterocycles. The first-order valence-electron chi connectivity index (χ1n) is 6.21. The fourth-order valence-corrected chi connectivity index (χ4v) is 3.30. The highest BCUT2D eigenvalue weighted by atomic mass is 35.5. The van der Waals surface area contributed by atoms with E-state index in [-0.39, 0.29) is 5.91 Å². The highest BCUT2D eigenvalue weighted by molar-refractivity contribution is 7.12. The zero-order chi connectivity index (χ0) is 12.3. The number of hydrogen-bond donors (Lipinski definition) is 0. The number of carbonyl (C=O) groups is 1. The first kappa shape index (κ1) is 12.9. The van der Waals surface area contributed by atoms with Crippen molar-refractivity contribution >= 4 is 28.8 Å². The van der Waals surface area contributed by atoms with Gasteiger partial charge in [-0.2, -0.15) is 0 Å². The summed E-state index contributed by atoms with van der Waals surface area (Å²) in [6, 6.07) is 2.48. The van der Waals surface area contributed by atoms with E-state index in [1.165, 1.54) is 12.0 Å². The predicted molar refractivity (Wildman–Crippen MR) is 73.1 cm³/mol. The number of rotatable bonds is 5. The third-order valence-corrected chi connectivity index (χ3v) is 4.54. The van der Waals surface area contributed by atoms with E-state index >= 15 is 0 Å². The van der Waals surface area contributed by atoms with Gasteiger partial charge in [-0.1, -0.05) is 6.92 Å². The van der Waals surface area contributed by atoms with Gasteiger partial charge >= 0.3 is 0 Å². The monoisotopic (exact) mass is 271 g/mol. The van der Waals surface area contributed by atoms with Crippen LogP contribution in [-0.2, 0) is 6.42 Å². The largest absolute Gasteiger partial charge is 0.334 e. The fraction of sp³-hybridized carbons (Fsp3) is 0.615. The summed E-state index contributed by atoms with van der Waals surface area (Å²) in [5.74, 6) is 0.705. The molecule has 2 nitrogen and oxygen atoms in total. The summed E-state index contributed by atoms with van der Waals surface area (Å²) in [4.78, 5) is 15.4. The molecule has 0 unspecified atom stereocenters. The third-order valence-electron chi connectivity index (χ3n) is 3.42. The maximum Gasteiger partial charge on any atom is 0.264 e. The average Bonchev–Trinajstić information content (AvgIpc) is 2.73. The van der Waals surface area contributed by atoms with Crippen molar-refractivity contribution in [2.45, 2.75) is 38.6 Å². The molecule has 0 saturated heterocycles. The van der Waals surface area contributed by atoms with E-state index in [1.54, 1.807) is 11.3 Å². The summed E-state index contributed by atoms with van der Waals surface area (Å²) in [5.41, 5.74) is 1.17. The van der Waals surface area contributed by atoms with E-state index in [4.69, 9.17) is 11.6 Å². The Hall–Kier alpha value is -0.540. The summed E-state index contributed by atoms with van der Waals surface area (Å²) in [6.45, 7) is 2.76. The second kappa shape index (κ2) is 5.87. The molecule has 1 fully saturated rings. The van der Waals surface area contributed by atoms with Crippen molar-refractivity contribution in [3.63, 3.8) is 0 Å². The lowest BCUT2D eigenvalue weighted by atomic mass is 9.91. The normalized spacial score (nSPS) is 15.6. The molecule has 0 bridgehead atoms. The van der Waals surface area contributed by atoms with Crippen LogP contribution in [0.2, 0.25) is 0 Å². The molecule has 1 heterocycles. The first-order valence-corrected chi connectivity index (χ1v) is 7.62. The Morgan fingerprint density at radius 1 is 1.59 bits per heavy atom. The van der Waals surface area contributed by atoms with Crippen molar-refractivity contribution < 1.29 is 4.79 Å². The molecule has 0 atom stereocenters.